The molecule has 4 nitrogen and oxygen atoms in total. The lowest BCUT2D eigenvalue weighted by Gasteiger charge is -2.35. The molecule has 0 amide bonds. The van der Waals surface area contributed by atoms with E-state index < -0.39 is 34.3 Å². The molecule has 0 radical (unpaired) electrons. The number of halogens is 1. The number of rotatable bonds is 3. The first-order valence-corrected chi connectivity index (χ1v) is 8.29. The van der Waals surface area contributed by atoms with E-state index in [1.807, 2.05) is 13.8 Å². The molecule has 3 rings (SSSR count). The molecule has 0 aliphatic heterocycles. The number of carbonyl (C=O) groups excluding carboxylic acids is 3. The van der Waals surface area contributed by atoms with Crippen molar-refractivity contribution >= 4 is 17.5 Å². The zero-order valence-electron chi connectivity index (χ0n) is 14.8. The number of fused-ring (bicyclic) bond motifs is 2. The highest BCUT2D eigenvalue weighted by molar-refractivity contribution is 6.14. The average Bonchev–Trinajstić information content (AvgIpc) is 2.86. The van der Waals surface area contributed by atoms with Gasteiger partial charge in [-0.2, -0.15) is 0 Å². The maximum Gasteiger partial charge on any atom is 0.309 e. The summed E-state index contributed by atoms with van der Waals surface area (Å²) in [5, 5.41) is 0. The van der Waals surface area contributed by atoms with E-state index in [0.29, 0.717) is 12.0 Å². The van der Waals surface area contributed by atoms with Gasteiger partial charge in [-0.1, -0.05) is 32.9 Å². The second kappa shape index (κ2) is 5.61. The van der Waals surface area contributed by atoms with Crippen LogP contribution < -0.4 is 0 Å². The van der Waals surface area contributed by atoms with Crippen LogP contribution in [0.5, 0.6) is 0 Å². The Labute approximate surface area is 146 Å². The van der Waals surface area contributed by atoms with Gasteiger partial charge in [-0.25, -0.2) is 4.39 Å². The molecular formula is C20H21FO4. The highest BCUT2D eigenvalue weighted by Crippen LogP contribution is 2.68. The van der Waals surface area contributed by atoms with Crippen LogP contribution in [0.4, 0.5) is 4.39 Å². The maximum atomic E-state index is 13.8. The number of carbonyl (C=O) groups is 3. The third-order valence-electron chi connectivity index (χ3n) is 6.40. The molecule has 5 heteroatoms. The predicted octanol–water partition coefficient (Wildman–Crippen LogP) is 3.36. The summed E-state index contributed by atoms with van der Waals surface area (Å²) in [5.41, 5.74) is -1.07. The number of hydrogen-bond donors (Lipinski definition) is 0. The first-order valence-electron chi connectivity index (χ1n) is 8.29. The molecule has 2 saturated carbocycles. The van der Waals surface area contributed by atoms with Crippen LogP contribution in [0.1, 0.15) is 37.6 Å². The molecule has 0 heterocycles. The monoisotopic (exact) mass is 344 g/mol. The minimum absolute atomic E-state index is 0.0574. The number of esters is 1. The molecule has 2 aliphatic carbocycles. The Morgan fingerprint density at radius 2 is 1.88 bits per heavy atom. The van der Waals surface area contributed by atoms with Gasteiger partial charge in [0.1, 0.15) is 5.82 Å². The lowest BCUT2D eigenvalue weighted by Crippen LogP contribution is -2.42. The van der Waals surface area contributed by atoms with Gasteiger partial charge in [-0.3, -0.25) is 14.4 Å². The zero-order valence-corrected chi connectivity index (χ0v) is 14.8. The summed E-state index contributed by atoms with van der Waals surface area (Å²) in [7, 11) is 1.31. The van der Waals surface area contributed by atoms with Crippen molar-refractivity contribution in [2.24, 2.45) is 22.7 Å². The van der Waals surface area contributed by atoms with Crippen LogP contribution in [-0.2, 0) is 14.3 Å². The third kappa shape index (κ3) is 2.21. The highest BCUT2D eigenvalue weighted by Gasteiger charge is 2.70. The molecule has 1 aromatic rings. The van der Waals surface area contributed by atoms with E-state index >= 15 is 0 Å². The number of ketones is 2. The number of ether oxygens (including phenoxy) is 1. The second-order valence-corrected chi connectivity index (χ2v) is 7.56. The van der Waals surface area contributed by atoms with E-state index in [4.69, 9.17) is 4.74 Å². The maximum absolute atomic E-state index is 13.8. The molecule has 2 bridgehead atoms. The molecule has 1 aromatic carbocycles. The largest absolute Gasteiger partial charge is 0.469 e. The Morgan fingerprint density at radius 1 is 1.24 bits per heavy atom. The van der Waals surface area contributed by atoms with E-state index in [0.717, 1.165) is 0 Å². The molecule has 2 fully saturated rings. The quantitative estimate of drug-likeness (QED) is 0.479. The number of allylic oxidation sites excluding steroid dienone is 2. The first kappa shape index (κ1) is 17.5. The molecule has 3 atom stereocenters. The van der Waals surface area contributed by atoms with Crippen LogP contribution in [-0.4, -0.2) is 24.6 Å². The molecule has 2 aliphatic rings. The van der Waals surface area contributed by atoms with Gasteiger partial charge < -0.3 is 4.74 Å². The Balaban J connectivity index is 2.02. The van der Waals surface area contributed by atoms with Gasteiger partial charge in [-0.15, -0.1) is 0 Å². The Hall–Kier alpha value is -2.30. The fraction of sp³-hybridized carbons (Fsp3) is 0.450. The lowest BCUT2D eigenvalue weighted by molar-refractivity contribution is -0.154. The van der Waals surface area contributed by atoms with Gasteiger partial charge in [0.15, 0.2) is 11.6 Å². The van der Waals surface area contributed by atoms with Gasteiger partial charge in [-0.05, 0) is 36.0 Å². The molecule has 0 N–H and O–H groups in total. The minimum Gasteiger partial charge on any atom is -0.469 e. The van der Waals surface area contributed by atoms with Crippen molar-refractivity contribution in [3.8, 4) is 0 Å². The van der Waals surface area contributed by atoms with Crippen LogP contribution in [0, 0.1) is 28.5 Å². The van der Waals surface area contributed by atoms with Gasteiger partial charge >= 0.3 is 5.97 Å². The molecule has 0 spiro atoms. The minimum atomic E-state index is -0.924. The summed E-state index contributed by atoms with van der Waals surface area (Å²) in [6.07, 6.45) is 1.71. The van der Waals surface area contributed by atoms with Crippen LogP contribution in [0.3, 0.4) is 0 Å². The van der Waals surface area contributed by atoms with Crippen molar-refractivity contribution in [3.63, 3.8) is 0 Å². The van der Waals surface area contributed by atoms with Crippen molar-refractivity contribution in [2.45, 2.75) is 27.2 Å². The molecule has 25 heavy (non-hydrogen) atoms. The SMILES string of the molecule is COC(=O)[C@@H]1C[C@@H]2C(=CC(=O)c3ccccc3F)C(=O)[C@@]1(C)C2(C)C. The lowest BCUT2D eigenvalue weighted by atomic mass is 9.66. The van der Waals surface area contributed by atoms with Gasteiger partial charge in [0, 0.05) is 11.0 Å². The van der Waals surface area contributed by atoms with Crippen molar-refractivity contribution < 1.29 is 23.5 Å². The summed E-state index contributed by atoms with van der Waals surface area (Å²) >= 11 is 0. The normalized spacial score (nSPS) is 31.4. The van der Waals surface area contributed by atoms with Crippen LogP contribution >= 0.6 is 0 Å². The van der Waals surface area contributed by atoms with E-state index in [-0.39, 0.29) is 17.3 Å². The molecule has 132 valence electrons. The molecule has 0 unspecified atom stereocenters. The molecule has 0 saturated heterocycles. The van der Waals surface area contributed by atoms with Gasteiger partial charge in [0.05, 0.1) is 18.6 Å². The summed E-state index contributed by atoms with van der Waals surface area (Å²) in [4.78, 5) is 37.7. The van der Waals surface area contributed by atoms with Gasteiger partial charge in [0.2, 0.25) is 0 Å². The van der Waals surface area contributed by atoms with Crippen molar-refractivity contribution in [2.75, 3.05) is 7.11 Å². The summed E-state index contributed by atoms with van der Waals surface area (Å²) in [6.45, 7) is 5.64. The topological polar surface area (TPSA) is 60.4 Å². The Kier molecular flexibility index (Phi) is 3.93. The van der Waals surface area contributed by atoms with Crippen molar-refractivity contribution in [3.05, 3.63) is 47.3 Å². The van der Waals surface area contributed by atoms with Gasteiger partial charge in [0.25, 0.3) is 0 Å². The van der Waals surface area contributed by atoms with E-state index in [9.17, 15) is 18.8 Å². The molecular weight excluding hydrogens is 323 g/mol. The first-order chi connectivity index (χ1) is 11.7. The fourth-order valence-corrected chi connectivity index (χ4v) is 4.52. The predicted molar refractivity (Wildman–Crippen MR) is 89.3 cm³/mol. The highest BCUT2D eigenvalue weighted by atomic mass is 19.1. The summed E-state index contributed by atoms with van der Waals surface area (Å²) in [6, 6.07) is 5.70. The average molecular weight is 344 g/mol. The van der Waals surface area contributed by atoms with Crippen molar-refractivity contribution in [1.29, 1.82) is 0 Å². The smallest absolute Gasteiger partial charge is 0.309 e. The Morgan fingerprint density at radius 3 is 2.44 bits per heavy atom. The third-order valence-corrected chi connectivity index (χ3v) is 6.40. The second-order valence-electron chi connectivity index (χ2n) is 7.56. The Bertz CT molecular complexity index is 808. The number of benzene rings is 1. The van der Waals surface area contributed by atoms with E-state index in [2.05, 4.69) is 0 Å². The van der Waals surface area contributed by atoms with Crippen molar-refractivity contribution in [1.82, 2.24) is 0 Å². The summed E-state index contributed by atoms with van der Waals surface area (Å²) in [5.74, 6) is -2.50. The van der Waals surface area contributed by atoms with Crippen LogP contribution in [0.15, 0.2) is 35.9 Å². The number of methoxy groups -OCH3 is 1. The zero-order chi connectivity index (χ0) is 18.6. The van der Waals surface area contributed by atoms with Crippen LogP contribution in [0.25, 0.3) is 0 Å². The number of Topliss-reactive ketones (excluding diaryl/α,β-unsaturated/α-hetero) is 1. The summed E-state index contributed by atoms with van der Waals surface area (Å²) < 4.78 is 18.7. The number of hydrogen-bond acceptors (Lipinski definition) is 4. The van der Waals surface area contributed by atoms with Crippen LogP contribution in [0.2, 0.25) is 0 Å². The molecule has 0 aromatic heterocycles. The van der Waals surface area contributed by atoms with E-state index in [1.54, 1.807) is 13.0 Å². The van der Waals surface area contributed by atoms with E-state index in [1.165, 1.54) is 31.4 Å². The fourth-order valence-electron chi connectivity index (χ4n) is 4.52. The standard InChI is InChI=1S/C20H21FO4/c1-19(2)13-10-14(18(24)25-4)20(19,3)17(23)12(13)9-16(22)11-7-5-6-8-15(11)21/h5-9,13-14H,10H2,1-4H3/t13-,14+,20+/m1/s1.